The highest BCUT2D eigenvalue weighted by Crippen LogP contribution is 2.09. The SMILES string of the molecule is CCNC(=NCCc1ccc(Cl)nc1)NC1CC=CC1. The fourth-order valence-corrected chi connectivity index (χ4v) is 2.21. The number of aromatic nitrogens is 1. The maximum atomic E-state index is 5.77. The van der Waals surface area contributed by atoms with E-state index in [2.05, 4.69) is 39.7 Å². The van der Waals surface area contributed by atoms with Crippen molar-refractivity contribution in [3.63, 3.8) is 0 Å². The van der Waals surface area contributed by atoms with Gasteiger partial charge in [-0.2, -0.15) is 0 Å². The molecule has 20 heavy (non-hydrogen) atoms. The number of rotatable bonds is 5. The van der Waals surface area contributed by atoms with Crippen LogP contribution in [-0.2, 0) is 6.42 Å². The van der Waals surface area contributed by atoms with E-state index in [1.165, 1.54) is 0 Å². The van der Waals surface area contributed by atoms with Crippen molar-refractivity contribution in [1.29, 1.82) is 0 Å². The Morgan fingerprint density at radius 1 is 1.40 bits per heavy atom. The Balaban J connectivity index is 1.83. The van der Waals surface area contributed by atoms with Gasteiger partial charge in [-0.15, -0.1) is 0 Å². The van der Waals surface area contributed by atoms with Gasteiger partial charge in [0.1, 0.15) is 5.15 Å². The van der Waals surface area contributed by atoms with Crippen LogP contribution >= 0.6 is 11.6 Å². The van der Waals surface area contributed by atoms with Crippen LogP contribution in [0, 0.1) is 0 Å². The minimum atomic E-state index is 0.477. The Morgan fingerprint density at radius 3 is 2.85 bits per heavy atom. The lowest BCUT2D eigenvalue weighted by atomic mass is 10.2. The smallest absolute Gasteiger partial charge is 0.191 e. The fourth-order valence-electron chi connectivity index (χ4n) is 2.10. The monoisotopic (exact) mass is 292 g/mol. The Labute approximate surface area is 125 Å². The third kappa shape index (κ3) is 4.85. The first kappa shape index (κ1) is 14.9. The van der Waals surface area contributed by atoms with Gasteiger partial charge >= 0.3 is 0 Å². The van der Waals surface area contributed by atoms with E-state index in [-0.39, 0.29) is 0 Å². The van der Waals surface area contributed by atoms with Gasteiger partial charge in [-0.05, 0) is 37.8 Å². The second-order valence-electron chi connectivity index (χ2n) is 4.78. The highest BCUT2D eigenvalue weighted by Gasteiger charge is 2.11. The molecule has 0 radical (unpaired) electrons. The number of nitrogens with one attached hydrogen (secondary N) is 2. The van der Waals surface area contributed by atoms with E-state index >= 15 is 0 Å². The normalized spacial score (nSPS) is 15.6. The minimum Gasteiger partial charge on any atom is -0.357 e. The first-order valence-corrected chi connectivity index (χ1v) is 7.46. The molecule has 0 aromatic carbocycles. The van der Waals surface area contributed by atoms with E-state index in [0.29, 0.717) is 11.2 Å². The zero-order chi connectivity index (χ0) is 14.2. The second-order valence-corrected chi connectivity index (χ2v) is 5.17. The van der Waals surface area contributed by atoms with Crippen LogP contribution in [0.15, 0.2) is 35.5 Å². The van der Waals surface area contributed by atoms with Crippen molar-refractivity contribution in [1.82, 2.24) is 15.6 Å². The molecule has 1 heterocycles. The number of aliphatic imine (C=N–C) groups is 1. The van der Waals surface area contributed by atoms with E-state index in [1.807, 2.05) is 12.1 Å². The van der Waals surface area contributed by atoms with Crippen molar-refractivity contribution in [3.8, 4) is 0 Å². The molecule has 0 saturated carbocycles. The van der Waals surface area contributed by atoms with Crippen LogP contribution < -0.4 is 10.6 Å². The maximum absolute atomic E-state index is 5.77. The van der Waals surface area contributed by atoms with Gasteiger partial charge in [-0.1, -0.05) is 29.8 Å². The fraction of sp³-hybridized carbons (Fsp3) is 0.467. The number of hydrogen-bond donors (Lipinski definition) is 2. The largest absolute Gasteiger partial charge is 0.357 e. The van der Waals surface area contributed by atoms with E-state index in [0.717, 1.165) is 43.9 Å². The Morgan fingerprint density at radius 2 is 2.20 bits per heavy atom. The molecule has 2 N–H and O–H groups in total. The quantitative estimate of drug-likeness (QED) is 0.379. The Bertz CT molecular complexity index is 459. The average molecular weight is 293 g/mol. The van der Waals surface area contributed by atoms with Crippen molar-refractivity contribution < 1.29 is 0 Å². The van der Waals surface area contributed by atoms with Gasteiger partial charge in [0, 0.05) is 25.3 Å². The van der Waals surface area contributed by atoms with Crippen molar-refractivity contribution in [2.75, 3.05) is 13.1 Å². The predicted octanol–water partition coefficient (Wildman–Crippen LogP) is 2.55. The molecule has 5 heteroatoms. The summed E-state index contributed by atoms with van der Waals surface area (Å²) in [7, 11) is 0. The number of guanidine groups is 1. The van der Waals surface area contributed by atoms with Crippen molar-refractivity contribution in [3.05, 3.63) is 41.2 Å². The van der Waals surface area contributed by atoms with Crippen LogP contribution in [0.3, 0.4) is 0 Å². The molecule has 0 amide bonds. The first-order valence-electron chi connectivity index (χ1n) is 7.08. The van der Waals surface area contributed by atoms with E-state index in [9.17, 15) is 0 Å². The minimum absolute atomic E-state index is 0.477. The zero-order valence-corrected chi connectivity index (χ0v) is 12.5. The average Bonchev–Trinajstić information content (AvgIpc) is 2.94. The predicted molar refractivity (Wildman–Crippen MR) is 84.2 cm³/mol. The number of hydrogen-bond acceptors (Lipinski definition) is 2. The lowest BCUT2D eigenvalue weighted by Gasteiger charge is -2.16. The van der Waals surface area contributed by atoms with Crippen LogP contribution in [0.4, 0.5) is 0 Å². The first-order chi connectivity index (χ1) is 9.78. The molecule has 0 fully saturated rings. The van der Waals surface area contributed by atoms with E-state index < -0.39 is 0 Å². The van der Waals surface area contributed by atoms with Crippen molar-refractivity contribution in [2.24, 2.45) is 4.99 Å². The van der Waals surface area contributed by atoms with Crippen LogP contribution in [-0.4, -0.2) is 30.1 Å². The van der Waals surface area contributed by atoms with Gasteiger partial charge in [0.2, 0.25) is 0 Å². The molecule has 0 aliphatic heterocycles. The lowest BCUT2D eigenvalue weighted by Crippen LogP contribution is -2.42. The summed E-state index contributed by atoms with van der Waals surface area (Å²) >= 11 is 5.77. The molecule has 0 saturated heterocycles. The summed E-state index contributed by atoms with van der Waals surface area (Å²) in [4.78, 5) is 8.67. The molecule has 1 aromatic heterocycles. The Kier molecular flexibility index (Phi) is 5.87. The topological polar surface area (TPSA) is 49.3 Å². The van der Waals surface area contributed by atoms with Crippen LogP contribution in [0.2, 0.25) is 5.15 Å². The highest BCUT2D eigenvalue weighted by atomic mass is 35.5. The second kappa shape index (κ2) is 7.90. The molecule has 1 aliphatic carbocycles. The summed E-state index contributed by atoms with van der Waals surface area (Å²) in [6.07, 6.45) is 9.24. The molecule has 1 aliphatic rings. The highest BCUT2D eigenvalue weighted by molar-refractivity contribution is 6.29. The van der Waals surface area contributed by atoms with Crippen LogP contribution in [0.1, 0.15) is 25.3 Å². The lowest BCUT2D eigenvalue weighted by molar-refractivity contribution is 0.633. The zero-order valence-electron chi connectivity index (χ0n) is 11.8. The summed E-state index contributed by atoms with van der Waals surface area (Å²) in [5, 5.41) is 7.26. The van der Waals surface area contributed by atoms with Gasteiger partial charge in [0.05, 0.1) is 0 Å². The molecular weight excluding hydrogens is 272 g/mol. The van der Waals surface area contributed by atoms with Crippen molar-refractivity contribution in [2.45, 2.75) is 32.2 Å². The molecule has 0 spiro atoms. The van der Waals surface area contributed by atoms with E-state index in [4.69, 9.17) is 11.6 Å². The summed E-state index contributed by atoms with van der Waals surface area (Å²) < 4.78 is 0. The maximum Gasteiger partial charge on any atom is 0.191 e. The number of halogens is 1. The van der Waals surface area contributed by atoms with Gasteiger partial charge < -0.3 is 10.6 Å². The molecule has 2 rings (SSSR count). The summed E-state index contributed by atoms with van der Waals surface area (Å²) in [6.45, 7) is 3.68. The van der Waals surface area contributed by atoms with Gasteiger partial charge in [0.25, 0.3) is 0 Å². The van der Waals surface area contributed by atoms with Gasteiger partial charge in [-0.25, -0.2) is 4.98 Å². The molecule has 0 unspecified atom stereocenters. The number of pyridine rings is 1. The third-order valence-electron chi connectivity index (χ3n) is 3.15. The van der Waals surface area contributed by atoms with Crippen LogP contribution in [0.25, 0.3) is 0 Å². The Hall–Kier alpha value is -1.55. The molecule has 1 aromatic rings. The van der Waals surface area contributed by atoms with Crippen LogP contribution in [0.5, 0.6) is 0 Å². The molecule has 108 valence electrons. The molecular formula is C15H21ClN4. The summed E-state index contributed by atoms with van der Waals surface area (Å²) in [6, 6.07) is 4.28. The molecule has 4 nitrogen and oxygen atoms in total. The third-order valence-corrected chi connectivity index (χ3v) is 3.38. The van der Waals surface area contributed by atoms with Gasteiger partial charge in [0.15, 0.2) is 5.96 Å². The van der Waals surface area contributed by atoms with Crippen molar-refractivity contribution >= 4 is 17.6 Å². The van der Waals surface area contributed by atoms with E-state index in [1.54, 1.807) is 6.20 Å². The summed E-state index contributed by atoms with van der Waals surface area (Å²) in [5.41, 5.74) is 1.15. The van der Waals surface area contributed by atoms with Gasteiger partial charge in [-0.3, -0.25) is 4.99 Å². The summed E-state index contributed by atoms with van der Waals surface area (Å²) in [5.74, 6) is 0.892. The standard InChI is InChI=1S/C15H21ClN4/c1-2-17-15(20-13-5-3-4-6-13)18-10-9-12-7-8-14(16)19-11-12/h3-4,7-8,11,13H,2,5-6,9-10H2,1H3,(H2,17,18,20). The number of nitrogens with zero attached hydrogens (tertiary/aromatic N) is 2. The molecule has 0 bridgehead atoms. The molecule has 0 atom stereocenters.